The molecule has 1 aliphatic heterocycles. The first kappa shape index (κ1) is 16.8. The van der Waals surface area contributed by atoms with Crippen molar-refractivity contribution in [3.8, 4) is 0 Å². The quantitative estimate of drug-likeness (QED) is 0.847. The average molecular weight is 311 g/mol. The van der Waals surface area contributed by atoms with E-state index in [1.54, 1.807) is 19.0 Å². The number of piperazine rings is 1. The van der Waals surface area contributed by atoms with Crippen LogP contribution in [0, 0.1) is 11.6 Å². The zero-order valence-corrected chi connectivity index (χ0v) is 13.4. The molecular weight excluding hydrogens is 288 g/mol. The molecule has 0 bridgehead atoms. The van der Waals surface area contributed by atoms with E-state index in [-0.39, 0.29) is 17.5 Å². The number of carbonyl (C=O) groups is 1. The molecular formula is C16H23F2N3O. The first-order valence-electron chi connectivity index (χ1n) is 7.50. The largest absolute Gasteiger partial charge is 0.348 e. The molecule has 1 heterocycles. The predicted molar refractivity (Wildman–Crippen MR) is 81.5 cm³/mol. The second kappa shape index (κ2) is 7.15. The summed E-state index contributed by atoms with van der Waals surface area (Å²) >= 11 is 0. The van der Waals surface area contributed by atoms with Crippen molar-refractivity contribution in [3.05, 3.63) is 35.4 Å². The smallest absolute Gasteiger partial charge is 0.236 e. The van der Waals surface area contributed by atoms with Crippen LogP contribution in [0.15, 0.2) is 18.2 Å². The maximum absolute atomic E-state index is 13.9. The molecule has 2 rings (SSSR count). The van der Waals surface area contributed by atoms with Crippen LogP contribution in [0.5, 0.6) is 0 Å². The third kappa shape index (κ3) is 3.81. The Morgan fingerprint density at radius 2 is 1.73 bits per heavy atom. The summed E-state index contributed by atoms with van der Waals surface area (Å²) < 4.78 is 27.7. The van der Waals surface area contributed by atoms with Crippen LogP contribution in [-0.2, 0) is 4.79 Å². The maximum atomic E-state index is 13.9. The lowest BCUT2D eigenvalue weighted by atomic mass is 10.0. The summed E-state index contributed by atoms with van der Waals surface area (Å²) in [4.78, 5) is 17.4. The number of benzene rings is 1. The van der Waals surface area contributed by atoms with Gasteiger partial charge in [0.1, 0.15) is 11.6 Å². The van der Waals surface area contributed by atoms with Crippen molar-refractivity contribution in [1.29, 1.82) is 0 Å². The van der Waals surface area contributed by atoms with Gasteiger partial charge in [-0.05, 0) is 19.1 Å². The number of halogens is 2. The second-order valence-electron chi connectivity index (χ2n) is 5.91. The molecule has 0 N–H and O–H groups in total. The van der Waals surface area contributed by atoms with Crippen LogP contribution in [0.4, 0.5) is 8.78 Å². The molecule has 6 heteroatoms. The SMILES string of the molecule is C[C@H](c1c(F)cccc1F)N1CCN(CC(=O)N(C)C)CC1. The highest BCUT2D eigenvalue weighted by atomic mass is 19.1. The minimum absolute atomic E-state index is 0.0710. The Morgan fingerprint density at radius 1 is 1.18 bits per heavy atom. The highest BCUT2D eigenvalue weighted by Gasteiger charge is 2.26. The van der Waals surface area contributed by atoms with Crippen molar-refractivity contribution in [2.75, 3.05) is 46.8 Å². The minimum Gasteiger partial charge on any atom is -0.348 e. The van der Waals surface area contributed by atoms with E-state index in [9.17, 15) is 13.6 Å². The third-order valence-electron chi connectivity index (χ3n) is 4.23. The van der Waals surface area contributed by atoms with Gasteiger partial charge in [-0.3, -0.25) is 14.6 Å². The van der Waals surface area contributed by atoms with Gasteiger partial charge in [-0.2, -0.15) is 0 Å². The van der Waals surface area contributed by atoms with Gasteiger partial charge in [-0.1, -0.05) is 6.07 Å². The molecule has 1 atom stereocenters. The molecule has 22 heavy (non-hydrogen) atoms. The van der Waals surface area contributed by atoms with Gasteiger partial charge in [-0.25, -0.2) is 8.78 Å². The first-order valence-corrected chi connectivity index (χ1v) is 7.50. The Bertz CT molecular complexity index is 508. The van der Waals surface area contributed by atoms with E-state index in [2.05, 4.69) is 9.80 Å². The van der Waals surface area contributed by atoms with E-state index < -0.39 is 11.6 Å². The topological polar surface area (TPSA) is 26.8 Å². The van der Waals surface area contributed by atoms with Gasteiger partial charge in [0, 0.05) is 51.9 Å². The van der Waals surface area contributed by atoms with Gasteiger partial charge in [0.25, 0.3) is 0 Å². The molecule has 1 aromatic carbocycles. The van der Waals surface area contributed by atoms with Crippen molar-refractivity contribution in [3.63, 3.8) is 0 Å². The Kier molecular flexibility index (Phi) is 5.47. The number of hydrogen-bond donors (Lipinski definition) is 0. The van der Waals surface area contributed by atoms with Gasteiger partial charge in [0.05, 0.1) is 6.54 Å². The van der Waals surface area contributed by atoms with Crippen LogP contribution >= 0.6 is 0 Å². The number of carbonyl (C=O) groups excluding carboxylic acids is 1. The van der Waals surface area contributed by atoms with E-state index in [1.165, 1.54) is 18.2 Å². The molecule has 0 saturated carbocycles. The molecule has 0 spiro atoms. The number of likely N-dealkylation sites (N-methyl/N-ethyl adjacent to an activating group) is 1. The van der Waals surface area contributed by atoms with Crippen molar-refractivity contribution in [1.82, 2.24) is 14.7 Å². The molecule has 122 valence electrons. The van der Waals surface area contributed by atoms with Gasteiger partial charge < -0.3 is 4.90 Å². The molecule has 0 aromatic heterocycles. The molecule has 1 amide bonds. The summed E-state index contributed by atoms with van der Waals surface area (Å²) in [6.07, 6.45) is 0. The fraction of sp³-hybridized carbons (Fsp3) is 0.562. The number of amides is 1. The van der Waals surface area contributed by atoms with Crippen molar-refractivity contribution >= 4 is 5.91 Å². The second-order valence-corrected chi connectivity index (χ2v) is 5.91. The van der Waals surface area contributed by atoms with E-state index >= 15 is 0 Å². The summed E-state index contributed by atoms with van der Waals surface area (Å²) in [7, 11) is 3.48. The standard InChI is InChI=1S/C16H23F2N3O/c1-12(16-13(17)5-4-6-14(16)18)21-9-7-20(8-10-21)11-15(22)19(2)3/h4-6,12H,7-11H2,1-3H3/t12-/m1/s1. The summed E-state index contributed by atoms with van der Waals surface area (Å²) in [6, 6.07) is 3.65. The van der Waals surface area contributed by atoms with E-state index in [0.29, 0.717) is 19.6 Å². The minimum atomic E-state index is -0.502. The Hall–Kier alpha value is -1.53. The average Bonchev–Trinajstić information content (AvgIpc) is 2.47. The first-order chi connectivity index (χ1) is 10.4. The van der Waals surface area contributed by atoms with Crippen LogP contribution in [0.2, 0.25) is 0 Å². The lowest BCUT2D eigenvalue weighted by Gasteiger charge is -2.38. The molecule has 1 aliphatic rings. The van der Waals surface area contributed by atoms with Gasteiger partial charge in [0.2, 0.25) is 5.91 Å². The monoisotopic (exact) mass is 311 g/mol. The Morgan fingerprint density at radius 3 is 2.23 bits per heavy atom. The lowest BCUT2D eigenvalue weighted by molar-refractivity contribution is -0.130. The molecule has 0 radical (unpaired) electrons. The van der Waals surface area contributed by atoms with Crippen LogP contribution < -0.4 is 0 Å². The van der Waals surface area contributed by atoms with Gasteiger partial charge >= 0.3 is 0 Å². The summed E-state index contributed by atoms with van der Waals surface area (Å²) in [6.45, 7) is 5.04. The van der Waals surface area contributed by atoms with Gasteiger partial charge in [-0.15, -0.1) is 0 Å². The van der Waals surface area contributed by atoms with Crippen LogP contribution in [-0.4, -0.2) is 67.4 Å². The Balaban J connectivity index is 1.95. The fourth-order valence-electron chi connectivity index (χ4n) is 2.73. The number of rotatable bonds is 4. The maximum Gasteiger partial charge on any atom is 0.236 e. The van der Waals surface area contributed by atoms with E-state index in [4.69, 9.17) is 0 Å². The fourth-order valence-corrected chi connectivity index (χ4v) is 2.73. The highest BCUT2D eigenvalue weighted by Crippen LogP contribution is 2.26. The molecule has 1 saturated heterocycles. The number of hydrogen-bond acceptors (Lipinski definition) is 3. The van der Waals surface area contributed by atoms with Gasteiger partial charge in [0.15, 0.2) is 0 Å². The number of nitrogens with zero attached hydrogens (tertiary/aromatic N) is 3. The van der Waals surface area contributed by atoms with E-state index in [0.717, 1.165) is 13.1 Å². The van der Waals surface area contributed by atoms with E-state index in [1.807, 2.05) is 6.92 Å². The van der Waals surface area contributed by atoms with Crippen molar-refractivity contribution < 1.29 is 13.6 Å². The Labute approximate surface area is 130 Å². The summed E-state index contributed by atoms with van der Waals surface area (Å²) in [5.41, 5.74) is 0.125. The van der Waals surface area contributed by atoms with Crippen LogP contribution in [0.25, 0.3) is 0 Å². The normalized spacial score (nSPS) is 18.2. The zero-order chi connectivity index (χ0) is 16.3. The zero-order valence-electron chi connectivity index (χ0n) is 13.4. The molecule has 1 aromatic rings. The van der Waals surface area contributed by atoms with Crippen molar-refractivity contribution in [2.24, 2.45) is 0 Å². The third-order valence-corrected chi connectivity index (χ3v) is 4.23. The van der Waals surface area contributed by atoms with Crippen molar-refractivity contribution in [2.45, 2.75) is 13.0 Å². The van der Waals surface area contributed by atoms with Crippen LogP contribution in [0.3, 0.4) is 0 Å². The highest BCUT2D eigenvalue weighted by molar-refractivity contribution is 5.77. The summed E-state index contributed by atoms with van der Waals surface area (Å²) in [5, 5.41) is 0. The molecule has 0 unspecified atom stereocenters. The van der Waals surface area contributed by atoms with Crippen LogP contribution in [0.1, 0.15) is 18.5 Å². The molecule has 0 aliphatic carbocycles. The predicted octanol–water partition coefficient (Wildman–Crippen LogP) is 1.73. The summed E-state index contributed by atoms with van der Waals surface area (Å²) in [5.74, 6) is -0.933. The lowest BCUT2D eigenvalue weighted by Crippen LogP contribution is -2.50. The molecule has 4 nitrogen and oxygen atoms in total. The molecule has 1 fully saturated rings.